The van der Waals surface area contributed by atoms with Gasteiger partial charge in [-0.15, -0.1) is 11.8 Å². The van der Waals surface area contributed by atoms with Crippen LogP contribution in [0.3, 0.4) is 0 Å². The number of benzene rings is 2. The van der Waals surface area contributed by atoms with Gasteiger partial charge in [0.25, 0.3) is 0 Å². The Balaban J connectivity index is 1.40. The molecule has 2 aliphatic heterocycles. The molecule has 29 heavy (non-hydrogen) atoms. The van der Waals surface area contributed by atoms with Crippen molar-refractivity contribution in [3.63, 3.8) is 0 Å². The second kappa shape index (κ2) is 7.62. The number of Topliss-reactive ketones (excluding diaryl/α,β-unsaturated/α-hetero) is 1. The topological polar surface area (TPSA) is 55.8 Å². The van der Waals surface area contributed by atoms with E-state index in [0.717, 1.165) is 29.5 Å². The van der Waals surface area contributed by atoms with Gasteiger partial charge in [0.1, 0.15) is 5.25 Å². The van der Waals surface area contributed by atoms with E-state index >= 15 is 0 Å². The van der Waals surface area contributed by atoms with E-state index in [1.54, 1.807) is 24.3 Å². The van der Waals surface area contributed by atoms with E-state index in [1.165, 1.54) is 11.0 Å². The third-order valence-corrected chi connectivity index (χ3v) is 5.95. The predicted molar refractivity (Wildman–Crippen MR) is 99.5 cm³/mol. The highest BCUT2D eigenvalue weighted by Gasteiger charge is 2.39. The van der Waals surface area contributed by atoms with Gasteiger partial charge in [0.15, 0.2) is 17.3 Å². The normalized spacial score (nSPS) is 18.6. The maximum absolute atomic E-state index is 12.8. The zero-order valence-electron chi connectivity index (χ0n) is 15.1. The molecule has 4 rings (SSSR count). The Morgan fingerprint density at radius 1 is 1.03 bits per heavy atom. The zero-order chi connectivity index (χ0) is 20.6. The minimum atomic E-state index is -4.43. The fraction of sp³-hybridized carbons (Fsp3) is 0.300. The molecular weight excluding hydrogens is 407 g/mol. The highest BCUT2D eigenvalue weighted by molar-refractivity contribution is 8.00. The van der Waals surface area contributed by atoms with Crippen molar-refractivity contribution in [2.75, 3.05) is 13.3 Å². The molecule has 2 aromatic rings. The number of fused-ring (bicyclic) bond motifs is 1. The molecule has 1 amide bonds. The summed E-state index contributed by atoms with van der Waals surface area (Å²) in [6.45, 7) is 0.379. The quantitative estimate of drug-likeness (QED) is 0.688. The molecule has 0 radical (unpaired) electrons. The number of thioether (sulfide) groups is 1. The number of carbonyl (C=O) groups excluding carboxylic acids is 2. The lowest BCUT2D eigenvalue weighted by molar-refractivity contribution is -0.137. The Bertz CT molecular complexity index is 963. The molecule has 0 bridgehead atoms. The number of likely N-dealkylation sites (tertiary alicyclic amines) is 1. The van der Waals surface area contributed by atoms with Crippen LogP contribution < -0.4 is 9.47 Å². The van der Waals surface area contributed by atoms with Crippen LogP contribution in [0, 0.1) is 0 Å². The fourth-order valence-electron chi connectivity index (χ4n) is 3.23. The number of ketones is 1. The number of rotatable bonds is 5. The van der Waals surface area contributed by atoms with Gasteiger partial charge in [-0.25, -0.2) is 0 Å². The van der Waals surface area contributed by atoms with E-state index < -0.39 is 17.0 Å². The van der Waals surface area contributed by atoms with Crippen molar-refractivity contribution < 1.29 is 32.2 Å². The van der Waals surface area contributed by atoms with Crippen molar-refractivity contribution >= 4 is 23.5 Å². The summed E-state index contributed by atoms with van der Waals surface area (Å²) in [7, 11) is 0. The molecule has 0 aromatic heterocycles. The van der Waals surface area contributed by atoms with Gasteiger partial charge in [0, 0.05) is 12.3 Å². The first kappa shape index (κ1) is 19.6. The van der Waals surface area contributed by atoms with Crippen molar-refractivity contribution in [3.05, 3.63) is 59.2 Å². The van der Waals surface area contributed by atoms with Crippen LogP contribution in [0.2, 0.25) is 0 Å². The van der Waals surface area contributed by atoms with Crippen molar-refractivity contribution in [2.45, 2.75) is 23.7 Å². The molecule has 2 aromatic carbocycles. The third-order valence-electron chi connectivity index (χ3n) is 4.66. The van der Waals surface area contributed by atoms with Gasteiger partial charge >= 0.3 is 6.18 Å². The summed E-state index contributed by atoms with van der Waals surface area (Å²) in [4.78, 5) is 26.4. The standard InChI is InChI=1S/C20H16F3NO4S/c21-20(22,23)14-3-1-2-13(6-14)10-29-18-15(25)9-24(19(18)26)8-12-4-5-16-17(7-12)28-11-27-16/h1-7,18H,8-11H2. The Hall–Kier alpha value is -2.68. The second-order valence-corrected chi connectivity index (χ2v) is 7.83. The van der Waals surface area contributed by atoms with Crippen molar-refractivity contribution in [1.82, 2.24) is 4.90 Å². The van der Waals surface area contributed by atoms with Gasteiger partial charge < -0.3 is 14.4 Å². The average molecular weight is 423 g/mol. The van der Waals surface area contributed by atoms with Crippen LogP contribution in [-0.4, -0.2) is 35.2 Å². The molecular formula is C20H16F3NO4S. The van der Waals surface area contributed by atoms with Gasteiger partial charge in [-0.3, -0.25) is 9.59 Å². The maximum Gasteiger partial charge on any atom is 0.416 e. The first-order valence-electron chi connectivity index (χ1n) is 8.79. The number of nitrogens with zero attached hydrogens (tertiary/aromatic N) is 1. The Morgan fingerprint density at radius 3 is 2.62 bits per heavy atom. The van der Waals surface area contributed by atoms with E-state index in [2.05, 4.69) is 0 Å². The van der Waals surface area contributed by atoms with Crippen LogP contribution in [0.15, 0.2) is 42.5 Å². The van der Waals surface area contributed by atoms with E-state index in [1.807, 2.05) is 0 Å². The van der Waals surface area contributed by atoms with Crippen molar-refractivity contribution in [1.29, 1.82) is 0 Å². The molecule has 1 fully saturated rings. The number of ether oxygens (including phenoxy) is 2. The molecule has 1 unspecified atom stereocenters. The lowest BCUT2D eigenvalue weighted by Crippen LogP contribution is -2.28. The highest BCUT2D eigenvalue weighted by atomic mass is 32.2. The summed E-state index contributed by atoms with van der Waals surface area (Å²) in [5, 5.41) is -0.904. The number of carbonyl (C=O) groups is 2. The number of hydrogen-bond acceptors (Lipinski definition) is 5. The van der Waals surface area contributed by atoms with Crippen LogP contribution in [0.4, 0.5) is 13.2 Å². The minimum absolute atomic E-state index is 0.0203. The molecule has 0 N–H and O–H groups in total. The molecule has 0 saturated carbocycles. The molecule has 9 heteroatoms. The van der Waals surface area contributed by atoms with Crippen molar-refractivity contribution in [3.8, 4) is 11.5 Å². The number of amides is 1. The largest absolute Gasteiger partial charge is 0.454 e. The van der Waals surface area contributed by atoms with Crippen LogP contribution >= 0.6 is 11.8 Å². The molecule has 5 nitrogen and oxygen atoms in total. The van der Waals surface area contributed by atoms with Gasteiger partial charge in [0.05, 0.1) is 12.1 Å². The summed E-state index contributed by atoms with van der Waals surface area (Å²) >= 11 is 1.05. The number of halogens is 3. The Morgan fingerprint density at radius 2 is 1.83 bits per heavy atom. The number of alkyl halides is 3. The van der Waals surface area contributed by atoms with Gasteiger partial charge in [-0.2, -0.15) is 13.2 Å². The SMILES string of the molecule is O=C1CN(Cc2ccc3c(c2)OCO3)C(=O)C1SCc1cccc(C(F)(F)F)c1. The lowest BCUT2D eigenvalue weighted by Gasteiger charge is -2.16. The summed E-state index contributed by atoms with van der Waals surface area (Å²) < 4.78 is 49.1. The first-order valence-corrected chi connectivity index (χ1v) is 9.84. The third kappa shape index (κ3) is 4.19. The van der Waals surface area contributed by atoms with Gasteiger partial charge in [-0.05, 0) is 29.3 Å². The molecule has 0 spiro atoms. The van der Waals surface area contributed by atoms with E-state index in [9.17, 15) is 22.8 Å². The van der Waals surface area contributed by atoms with Crippen LogP contribution in [-0.2, 0) is 28.1 Å². The summed E-state index contributed by atoms with van der Waals surface area (Å²) in [5.41, 5.74) is 0.475. The van der Waals surface area contributed by atoms with Gasteiger partial charge in [-0.1, -0.05) is 24.3 Å². The molecule has 1 atom stereocenters. The van der Waals surface area contributed by atoms with Crippen LogP contribution in [0.1, 0.15) is 16.7 Å². The minimum Gasteiger partial charge on any atom is -0.454 e. The van der Waals surface area contributed by atoms with Crippen LogP contribution in [0.25, 0.3) is 0 Å². The highest BCUT2D eigenvalue weighted by Crippen LogP contribution is 2.34. The zero-order valence-corrected chi connectivity index (χ0v) is 15.9. The second-order valence-electron chi connectivity index (χ2n) is 6.74. The molecule has 2 aliphatic rings. The van der Waals surface area contributed by atoms with E-state index in [4.69, 9.17) is 9.47 Å². The molecule has 0 aliphatic carbocycles. The predicted octanol–water partition coefficient (Wildman–Crippen LogP) is 3.65. The van der Waals surface area contributed by atoms with E-state index in [-0.39, 0.29) is 37.3 Å². The lowest BCUT2D eigenvalue weighted by atomic mass is 10.1. The summed E-state index contributed by atoms with van der Waals surface area (Å²) in [5.74, 6) is 0.796. The molecule has 152 valence electrons. The monoisotopic (exact) mass is 423 g/mol. The van der Waals surface area contributed by atoms with E-state index in [0.29, 0.717) is 17.1 Å². The molecule has 1 saturated heterocycles. The fourth-order valence-corrected chi connectivity index (χ4v) is 4.32. The van der Waals surface area contributed by atoms with Crippen LogP contribution in [0.5, 0.6) is 11.5 Å². The Labute approximate surface area is 168 Å². The first-order chi connectivity index (χ1) is 13.8. The van der Waals surface area contributed by atoms with Gasteiger partial charge in [0.2, 0.25) is 12.7 Å². The molecule has 2 heterocycles. The smallest absolute Gasteiger partial charge is 0.416 e. The average Bonchev–Trinajstić information content (AvgIpc) is 3.24. The summed E-state index contributed by atoms with van der Waals surface area (Å²) in [6, 6.07) is 10.2. The summed E-state index contributed by atoms with van der Waals surface area (Å²) in [6.07, 6.45) is -4.43. The number of hydrogen-bond donors (Lipinski definition) is 0. The maximum atomic E-state index is 12.8. The van der Waals surface area contributed by atoms with Crippen molar-refractivity contribution in [2.24, 2.45) is 0 Å². The Kier molecular flexibility index (Phi) is 5.16.